The molecule has 0 aliphatic heterocycles. The Kier molecular flexibility index (Phi) is 6.04. The molecule has 1 rings (SSSR count). The first-order chi connectivity index (χ1) is 7.70. The van der Waals surface area contributed by atoms with Crippen LogP contribution in [0, 0.1) is 0 Å². The van der Waals surface area contributed by atoms with E-state index in [9.17, 15) is 0 Å². The van der Waals surface area contributed by atoms with Crippen molar-refractivity contribution in [3.05, 3.63) is 30.1 Å². The van der Waals surface area contributed by atoms with E-state index in [-0.39, 0.29) is 0 Å². The number of hydrogen-bond acceptors (Lipinski definition) is 3. The molecule has 0 saturated heterocycles. The molecule has 0 amide bonds. The Bertz CT molecular complexity index is 272. The molecule has 0 saturated carbocycles. The van der Waals surface area contributed by atoms with E-state index in [1.807, 2.05) is 18.3 Å². The molecule has 0 aliphatic rings. The van der Waals surface area contributed by atoms with Crippen LogP contribution in [0.2, 0.25) is 0 Å². The maximum Gasteiger partial charge on any atom is 0.0570 e. The van der Waals surface area contributed by atoms with E-state index in [0.29, 0.717) is 6.04 Å². The van der Waals surface area contributed by atoms with Crippen molar-refractivity contribution in [3.8, 4) is 0 Å². The van der Waals surface area contributed by atoms with Gasteiger partial charge in [0.15, 0.2) is 0 Å². The zero-order chi connectivity index (χ0) is 11.8. The fourth-order valence-electron chi connectivity index (χ4n) is 1.61. The van der Waals surface area contributed by atoms with E-state index in [2.05, 4.69) is 42.3 Å². The van der Waals surface area contributed by atoms with E-state index in [1.54, 1.807) is 0 Å². The van der Waals surface area contributed by atoms with E-state index >= 15 is 0 Å². The number of aromatic nitrogens is 1. The van der Waals surface area contributed by atoms with Gasteiger partial charge < -0.3 is 10.2 Å². The maximum absolute atomic E-state index is 4.34. The minimum Gasteiger partial charge on any atom is -0.309 e. The van der Waals surface area contributed by atoms with Gasteiger partial charge in [-0.15, -0.1) is 0 Å². The van der Waals surface area contributed by atoms with Crippen molar-refractivity contribution in [3.63, 3.8) is 0 Å². The van der Waals surface area contributed by atoms with Gasteiger partial charge >= 0.3 is 0 Å². The first-order valence-corrected chi connectivity index (χ1v) is 5.99. The van der Waals surface area contributed by atoms with Gasteiger partial charge in [-0.1, -0.05) is 6.07 Å². The van der Waals surface area contributed by atoms with Crippen LogP contribution in [0.4, 0.5) is 0 Å². The molecule has 0 radical (unpaired) electrons. The van der Waals surface area contributed by atoms with Crippen LogP contribution in [0.25, 0.3) is 0 Å². The third kappa shape index (κ3) is 5.24. The highest BCUT2D eigenvalue weighted by atomic mass is 15.0. The maximum atomic E-state index is 4.34. The van der Waals surface area contributed by atoms with Gasteiger partial charge in [0, 0.05) is 12.2 Å². The predicted octanol–water partition coefficient (Wildman–Crippen LogP) is 2.07. The van der Waals surface area contributed by atoms with Crippen LogP contribution in [0.1, 0.15) is 31.5 Å². The van der Waals surface area contributed by atoms with Crippen molar-refractivity contribution in [1.29, 1.82) is 0 Å². The number of nitrogens with one attached hydrogen (secondary N) is 1. The second-order valence-corrected chi connectivity index (χ2v) is 4.44. The van der Waals surface area contributed by atoms with Crippen LogP contribution < -0.4 is 5.32 Å². The lowest BCUT2D eigenvalue weighted by atomic mass is 10.2. The largest absolute Gasteiger partial charge is 0.309 e. The van der Waals surface area contributed by atoms with Gasteiger partial charge in [0.1, 0.15) is 0 Å². The van der Waals surface area contributed by atoms with Crippen LogP contribution in [-0.2, 0) is 0 Å². The zero-order valence-corrected chi connectivity index (χ0v) is 10.6. The molecule has 0 fully saturated rings. The average molecular weight is 221 g/mol. The Balaban J connectivity index is 2.14. The topological polar surface area (TPSA) is 28.2 Å². The normalized spacial score (nSPS) is 13.0. The molecule has 3 heteroatoms. The van der Waals surface area contributed by atoms with Crippen molar-refractivity contribution in [2.24, 2.45) is 0 Å². The van der Waals surface area contributed by atoms with E-state index < -0.39 is 0 Å². The van der Waals surface area contributed by atoms with E-state index in [0.717, 1.165) is 12.2 Å². The Morgan fingerprint density at radius 2 is 2.12 bits per heavy atom. The molecule has 1 heterocycles. The van der Waals surface area contributed by atoms with Crippen LogP contribution in [-0.4, -0.2) is 37.1 Å². The fourth-order valence-corrected chi connectivity index (χ4v) is 1.61. The summed E-state index contributed by atoms with van der Waals surface area (Å²) < 4.78 is 0. The monoisotopic (exact) mass is 221 g/mol. The van der Waals surface area contributed by atoms with Gasteiger partial charge in [-0.3, -0.25) is 4.98 Å². The standard InChI is InChI=1S/C13H23N3/c1-12(13-8-4-5-10-15-13)14-9-6-7-11-16(2)3/h4-5,8,10,12,14H,6-7,9,11H2,1-3H3. The summed E-state index contributed by atoms with van der Waals surface area (Å²) in [6, 6.07) is 6.40. The lowest BCUT2D eigenvalue weighted by molar-refractivity contribution is 0.389. The van der Waals surface area contributed by atoms with Crippen LogP contribution in [0.15, 0.2) is 24.4 Å². The minimum atomic E-state index is 0.348. The highest BCUT2D eigenvalue weighted by Crippen LogP contribution is 2.07. The molecule has 1 aromatic rings. The predicted molar refractivity (Wildman–Crippen MR) is 68.4 cm³/mol. The summed E-state index contributed by atoms with van der Waals surface area (Å²) in [6.07, 6.45) is 4.31. The SMILES string of the molecule is CC(NCCCCN(C)C)c1ccccn1. The molecule has 0 aromatic carbocycles. The average Bonchev–Trinajstić information content (AvgIpc) is 2.29. The van der Waals surface area contributed by atoms with Crippen LogP contribution >= 0.6 is 0 Å². The van der Waals surface area contributed by atoms with Crippen molar-refractivity contribution < 1.29 is 0 Å². The Labute approximate surface area is 98.9 Å². The van der Waals surface area contributed by atoms with Gasteiger partial charge in [0.25, 0.3) is 0 Å². The summed E-state index contributed by atoms with van der Waals surface area (Å²) in [5.74, 6) is 0. The molecule has 1 N–H and O–H groups in total. The van der Waals surface area contributed by atoms with Crippen molar-refractivity contribution >= 4 is 0 Å². The smallest absolute Gasteiger partial charge is 0.0570 e. The van der Waals surface area contributed by atoms with Crippen molar-refractivity contribution in [2.45, 2.75) is 25.8 Å². The quantitative estimate of drug-likeness (QED) is 0.714. The summed E-state index contributed by atoms with van der Waals surface area (Å²) >= 11 is 0. The first-order valence-electron chi connectivity index (χ1n) is 5.99. The Morgan fingerprint density at radius 1 is 1.31 bits per heavy atom. The summed E-state index contributed by atoms with van der Waals surface area (Å²) in [6.45, 7) is 4.39. The van der Waals surface area contributed by atoms with E-state index in [4.69, 9.17) is 0 Å². The second kappa shape index (κ2) is 7.36. The molecule has 90 valence electrons. The summed E-state index contributed by atoms with van der Waals surface area (Å²) in [5, 5.41) is 3.49. The molecule has 3 nitrogen and oxygen atoms in total. The number of unbranched alkanes of at least 4 members (excludes halogenated alkanes) is 1. The number of nitrogens with zero attached hydrogens (tertiary/aromatic N) is 2. The van der Waals surface area contributed by atoms with Crippen LogP contribution in [0.3, 0.4) is 0 Å². The fraction of sp³-hybridized carbons (Fsp3) is 0.615. The summed E-state index contributed by atoms with van der Waals surface area (Å²) in [7, 11) is 4.23. The third-order valence-electron chi connectivity index (χ3n) is 2.61. The second-order valence-electron chi connectivity index (χ2n) is 4.44. The molecule has 1 atom stereocenters. The molecule has 0 aliphatic carbocycles. The number of pyridine rings is 1. The number of rotatable bonds is 7. The van der Waals surface area contributed by atoms with Gasteiger partial charge in [-0.05, 0) is 59.1 Å². The minimum absolute atomic E-state index is 0.348. The molecular weight excluding hydrogens is 198 g/mol. The lowest BCUT2D eigenvalue weighted by Crippen LogP contribution is -2.22. The molecule has 16 heavy (non-hydrogen) atoms. The first kappa shape index (κ1) is 13.1. The number of hydrogen-bond donors (Lipinski definition) is 1. The highest BCUT2D eigenvalue weighted by Gasteiger charge is 2.03. The molecular formula is C13H23N3. The van der Waals surface area contributed by atoms with Gasteiger partial charge in [0.05, 0.1) is 5.69 Å². The summed E-state index contributed by atoms with van der Waals surface area (Å²) in [4.78, 5) is 6.56. The third-order valence-corrected chi connectivity index (χ3v) is 2.61. The zero-order valence-electron chi connectivity index (χ0n) is 10.6. The Hall–Kier alpha value is -0.930. The summed E-state index contributed by atoms with van der Waals surface area (Å²) in [5.41, 5.74) is 1.12. The highest BCUT2D eigenvalue weighted by molar-refractivity contribution is 5.07. The Morgan fingerprint density at radius 3 is 2.75 bits per heavy atom. The van der Waals surface area contributed by atoms with Crippen molar-refractivity contribution in [2.75, 3.05) is 27.2 Å². The molecule has 1 unspecified atom stereocenters. The molecule has 1 aromatic heterocycles. The molecule has 0 bridgehead atoms. The van der Waals surface area contributed by atoms with Crippen LogP contribution in [0.5, 0.6) is 0 Å². The molecule has 0 spiro atoms. The van der Waals surface area contributed by atoms with Crippen molar-refractivity contribution in [1.82, 2.24) is 15.2 Å². The van der Waals surface area contributed by atoms with E-state index in [1.165, 1.54) is 19.4 Å². The lowest BCUT2D eigenvalue weighted by Gasteiger charge is -2.14. The van der Waals surface area contributed by atoms with Gasteiger partial charge in [0.2, 0.25) is 0 Å². The van der Waals surface area contributed by atoms with Gasteiger partial charge in [-0.2, -0.15) is 0 Å². The van der Waals surface area contributed by atoms with Gasteiger partial charge in [-0.25, -0.2) is 0 Å².